The lowest BCUT2D eigenvalue weighted by Gasteiger charge is -2.14. The molecule has 0 aromatic carbocycles. The van der Waals surface area contributed by atoms with E-state index >= 15 is 0 Å². The summed E-state index contributed by atoms with van der Waals surface area (Å²) >= 11 is 0. The van der Waals surface area contributed by atoms with Crippen molar-refractivity contribution >= 4 is 0 Å². The molecule has 0 amide bonds. The Labute approximate surface area is 55.9 Å². The quantitative estimate of drug-likeness (QED) is 0.520. The van der Waals surface area contributed by atoms with E-state index in [2.05, 4.69) is 12.2 Å². The minimum Gasteiger partial charge on any atom is -0.330 e. The van der Waals surface area contributed by atoms with Gasteiger partial charge in [0.1, 0.15) is 0 Å². The molecule has 9 heavy (non-hydrogen) atoms. The van der Waals surface area contributed by atoms with Crippen molar-refractivity contribution < 1.29 is 0 Å². The van der Waals surface area contributed by atoms with Crippen molar-refractivity contribution in [3.63, 3.8) is 0 Å². The molecule has 2 aliphatic rings. The SMILES string of the molecule is NCC1C[C@H]2C=CC1C2. The second kappa shape index (κ2) is 1.84. The molecule has 2 bridgehead atoms. The smallest absolute Gasteiger partial charge is 0.00430 e. The van der Waals surface area contributed by atoms with Gasteiger partial charge in [-0.3, -0.25) is 0 Å². The third kappa shape index (κ3) is 0.715. The van der Waals surface area contributed by atoms with Crippen LogP contribution in [-0.2, 0) is 0 Å². The Morgan fingerprint density at radius 2 is 2.22 bits per heavy atom. The van der Waals surface area contributed by atoms with Crippen LogP contribution in [0.25, 0.3) is 0 Å². The molecule has 1 fully saturated rings. The first-order chi connectivity index (χ1) is 4.40. The Bertz CT molecular complexity index is 140. The topological polar surface area (TPSA) is 26.0 Å². The maximum Gasteiger partial charge on any atom is -0.00430 e. The van der Waals surface area contributed by atoms with Crippen molar-refractivity contribution in [2.24, 2.45) is 23.5 Å². The van der Waals surface area contributed by atoms with E-state index in [0.717, 1.165) is 24.3 Å². The predicted octanol–water partition coefficient (Wildman–Crippen LogP) is 1.16. The minimum atomic E-state index is 0.819. The van der Waals surface area contributed by atoms with Crippen molar-refractivity contribution in [1.82, 2.24) is 0 Å². The van der Waals surface area contributed by atoms with Crippen molar-refractivity contribution in [1.29, 1.82) is 0 Å². The second-order valence-electron chi connectivity index (χ2n) is 3.28. The van der Waals surface area contributed by atoms with Gasteiger partial charge >= 0.3 is 0 Å². The molecule has 2 unspecified atom stereocenters. The summed E-state index contributed by atoms with van der Waals surface area (Å²) in [6.07, 6.45) is 7.46. The molecule has 0 aliphatic heterocycles. The van der Waals surface area contributed by atoms with E-state index in [9.17, 15) is 0 Å². The molecule has 0 saturated heterocycles. The zero-order chi connectivity index (χ0) is 6.27. The summed E-state index contributed by atoms with van der Waals surface area (Å²) in [5.74, 6) is 2.56. The lowest BCUT2D eigenvalue weighted by molar-refractivity contribution is 0.459. The van der Waals surface area contributed by atoms with Gasteiger partial charge in [-0.2, -0.15) is 0 Å². The van der Waals surface area contributed by atoms with E-state index in [-0.39, 0.29) is 0 Å². The third-order valence-corrected chi connectivity index (χ3v) is 2.72. The average Bonchev–Trinajstić information content (AvgIpc) is 2.45. The highest BCUT2D eigenvalue weighted by molar-refractivity contribution is 5.10. The fourth-order valence-corrected chi connectivity index (χ4v) is 2.17. The van der Waals surface area contributed by atoms with Crippen molar-refractivity contribution in [2.75, 3.05) is 6.54 Å². The highest BCUT2D eigenvalue weighted by Crippen LogP contribution is 2.42. The summed E-state index contributed by atoms with van der Waals surface area (Å²) < 4.78 is 0. The Hall–Kier alpha value is -0.300. The lowest BCUT2D eigenvalue weighted by atomic mass is 9.94. The van der Waals surface area contributed by atoms with Gasteiger partial charge < -0.3 is 5.73 Å². The van der Waals surface area contributed by atoms with Crippen molar-refractivity contribution in [3.05, 3.63) is 12.2 Å². The molecule has 50 valence electrons. The minimum absolute atomic E-state index is 0.819. The maximum absolute atomic E-state index is 5.59. The number of allylic oxidation sites excluding steroid dienone is 2. The monoisotopic (exact) mass is 123 g/mol. The van der Waals surface area contributed by atoms with Crippen LogP contribution in [0.5, 0.6) is 0 Å². The van der Waals surface area contributed by atoms with Gasteiger partial charge in [0.2, 0.25) is 0 Å². The molecule has 0 radical (unpaired) electrons. The summed E-state index contributed by atoms with van der Waals surface area (Å²) in [6, 6.07) is 0. The third-order valence-electron chi connectivity index (χ3n) is 2.72. The standard InChI is InChI=1S/C8H13N/c9-5-8-4-6-1-2-7(8)3-6/h1-2,6-8H,3-5,9H2/t6-,7?,8?/m0/s1. The second-order valence-corrected chi connectivity index (χ2v) is 3.28. The van der Waals surface area contributed by atoms with Crippen LogP contribution >= 0.6 is 0 Å². The van der Waals surface area contributed by atoms with Crippen LogP contribution in [-0.4, -0.2) is 6.54 Å². The van der Waals surface area contributed by atoms with E-state index in [4.69, 9.17) is 5.73 Å². The number of rotatable bonds is 1. The molecule has 2 N–H and O–H groups in total. The van der Waals surface area contributed by atoms with Crippen LogP contribution in [0.15, 0.2) is 12.2 Å². The molecular formula is C8H13N. The van der Waals surface area contributed by atoms with Gasteiger partial charge in [-0.1, -0.05) is 12.2 Å². The van der Waals surface area contributed by atoms with Crippen LogP contribution < -0.4 is 5.73 Å². The summed E-state index contributed by atoms with van der Waals surface area (Å²) in [6.45, 7) is 0.894. The van der Waals surface area contributed by atoms with Crippen LogP contribution in [0.4, 0.5) is 0 Å². The molecule has 1 nitrogen and oxygen atoms in total. The van der Waals surface area contributed by atoms with Gasteiger partial charge in [0.15, 0.2) is 0 Å². The van der Waals surface area contributed by atoms with E-state index in [1.165, 1.54) is 12.8 Å². The molecule has 0 aromatic rings. The van der Waals surface area contributed by atoms with Crippen molar-refractivity contribution in [2.45, 2.75) is 12.8 Å². The zero-order valence-corrected chi connectivity index (χ0v) is 5.59. The Kier molecular flexibility index (Phi) is 1.12. The van der Waals surface area contributed by atoms with Crippen LogP contribution in [0.3, 0.4) is 0 Å². The molecule has 1 heteroatoms. The maximum atomic E-state index is 5.59. The first kappa shape index (κ1) is 5.48. The first-order valence-corrected chi connectivity index (χ1v) is 3.78. The van der Waals surface area contributed by atoms with E-state index < -0.39 is 0 Å². The van der Waals surface area contributed by atoms with Crippen LogP contribution in [0.2, 0.25) is 0 Å². The van der Waals surface area contributed by atoms with E-state index in [1.807, 2.05) is 0 Å². The zero-order valence-electron chi connectivity index (χ0n) is 5.59. The number of nitrogens with two attached hydrogens (primary N) is 1. The van der Waals surface area contributed by atoms with Crippen LogP contribution in [0, 0.1) is 17.8 Å². The summed E-state index contributed by atoms with van der Waals surface area (Å²) in [5, 5.41) is 0. The largest absolute Gasteiger partial charge is 0.330 e. The summed E-state index contributed by atoms with van der Waals surface area (Å²) in [7, 11) is 0. The normalized spacial score (nSPS) is 46.6. The van der Waals surface area contributed by atoms with Gasteiger partial charge in [-0.25, -0.2) is 0 Å². The highest BCUT2D eigenvalue weighted by Gasteiger charge is 2.34. The molecule has 2 aliphatic carbocycles. The molecule has 0 spiro atoms. The first-order valence-electron chi connectivity index (χ1n) is 3.78. The molecule has 0 aromatic heterocycles. The molecule has 3 atom stereocenters. The molecule has 2 rings (SSSR count). The van der Waals surface area contributed by atoms with Gasteiger partial charge in [0.25, 0.3) is 0 Å². The van der Waals surface area contributed by atoms with Crippen molar-refractivity contribution in [3.8, 4) is 0 Å². The Balaban J connectivity index is 2.10. The predicted molar refractivity (Wildman–Crippen MR) is 37.9 cm³/mol. The number of hydrogen-bond donors (Lipinski definition) is 1. The van der Waals surface area contributed by atoms with Gasteiger partial charge in [-0.05, 0) is 37.1 Å². The molecular weight excluding hydrogens is 110 g/mol. The van der Waals surface area contributed by atoms with Gasteiger partial charge in [0.05, 0.1) is 0 Å². The number of hydrogen-bond acceptors (Lipinski definition) is 1. The Morgan fingerprint density at radius 1 is 1.33 bits per heavy atom. The molecule has 0 heterocycles. The highest BCUT2D eigenvalue weighted by atomic mass is 14.6. The fourth-order valence-electron chi connectivity index (χ4n) is 2.17. The number of fused-ring (bicyclic) bond motifs is 2. The molecule has 1 saturated carbocycles. The van der Waals surface area contributed by atoms with E-state index in [0.29, 0.717) is 0 Å². The fraction of sp³-hybridized carbons (Fsp3) is 0.750. The Morgan fingerprint density at radius 3 is 2.56 bits per heavy atom. The average molecular weight is 123 g/mol. The lowest BCUT2D eigenvalue weighted by Crippen LogP contribution is -2.17. The van der Waals surface area contributed by atoms with Gasteiger partial charge in [-0.15, -0.1) is 0 Å². The summed E-state index contributed by atoms with van der Waals surface area (Å²) in [5.41, 5.74) is 5.59. The summed E-state index contributed by atoms with van der Waals surface area (Å²) in [4.78, 5) is 0. The van der Waals surface area contributed by atoms with Gasteiger partial charge in [0, 0.05) is 0 Å². The van der Waals surface area contributed by atoms with E-state index in [1.54, 1.807) is 0 Å². The van der Waals surface area contributed by atoms with Crippen LogP contribution in [0.1, 0.15) is 12.8 Å².